The number of aliphatic hydroxyl groups excluding tert-OH is 1. The van der Waals surface area contributed by atoms with Crippen molar-refractivity contribution in [2.45, 2.75) is 18.9 Å². The van der Waals surface area contributed by atoms with Crippen LogP contribution in [0.25, 0.3) is 0 Å². The number of carbonyl (C=O) groups excluding carboxylic acids is 1. The van der Waals surface area contributed by atoms with Crippen LogP contribution in [0.4, 0.5) is 5.69 Å². The number of nitro benzene ring substituents is 1. The highest BCUT2D eigenvalue weighted by atomic mass is 35.5. The van der Waals surface area contributed by atoms with Crippen LogP contribution in [-0.4, -0.2) is 40.0 Å². The number of nitro groups is 1. The van der Waals surface area contributed by atoms with E-state index in [2.05, 4.69) is 0 Å². The largest absolute Gasteiger partial charge is 0.393 e. The second-order valence-corrected chi connectivity index (χ2v) is 4.88. The van der Waals surface area contributed by atoms with E-state index in [0.29, 0.717) is 25.9 Å². The molecule has 0 radical (unpaired) electrons. The molecule has 1 N–H and O–H groups in total. The molecule has 0 saturated carbocycles. The van der Waals surface area contributed by atoms with E-state index in [4.69, 9.17) is 11.6 Å². The maximum absolute atomic E-state index is 12.3. The number of hydrogen-bond acceptors (Lipinski definition) is 4. The SMILES string of the molecule is O=C(c1cc(Cl)ccc1[N+](=O)[O-])N1CCC(O)CC1. The van der Waals surface area contributed by atoms with Crippen LogP contribution < -0.4 is 0 Å². The van der Waals surface area contributed by atoms with Crippen molar-refractivity contribution in [2.24, 2.45) is 0 Å². The maximum atomic E-state index is 12.3. The molecule has 0 spiro atoms. The van der Waals surface area contributed by atoms with Crippen LogP contribution in [0, 0.1) is 10.1 Å². The van der Waals surface area contributed by atoms with Crippen molar-refractivity contribution < 1.29 is 14.8 Å². The van der Waals surface area contributed by atoms with Crippen LogP contribution in [-0.2, 0) is 0 Å². The molecule has 1 aliphatic rings. The Balaban J connectivity index is 2.27. The van der Waals surface area contributed by atoms with Crippen LogP contribution in [0.5, 0.6) is 0 Å². The van der Waals surface area contributed by atoms with Crippen molar-refractivity contribution in [3.63, 3.8) is 0 Å². The Morgan fingerprint density at radius 1 is 1.42 bits per heavy atom. The van der Waals surface area contributed by atoms with E-state index in [9.17, 15) is 20.0 Å². The Labute approximate surface area is 114 Å². The zero-order valence-corrected chi connectivity index (χ0v) is 10.8. The van der Waals surface area contributed by atoms with Gasteiger partial charge in [-0.25, -0.2) is 0 Å². The summed E-state index contributed by atoms with van der Waals surface area (Å²) in [5, 5.41) is 20.6. The quantitative estimate of drug-likeness (QED) is 0.663. The van der Waals surface area contributed by atoms with Crippen molar-refractivity contribution in [2.75, 3.05) is 13.1 Å². The molecule has 0 atom stereocenters. The van der Waals surface area contributed by atoms with E-state index in [1.165, 1.54) is 23.1 Å². The number of carbonyl (C=O) groups is 1. The van der Waals surface area contributed by atoms with Crippen LogP contribution in [0.2, 0.25) is 5.02 Å². The van der Waals surface area contributed by atoms with Crippen LogP contribution in [0.1, 0.15) is 23.2 Å². The number of nitrogens with zero attached hydrogens (tertiary/aromatic N) is 2. The smallest absolute Gasteiger partial charge is 0.282 e. The standard InChI is InChI=1S/C12H13ClN2O4/c13-8-1-2-11(15(18)19)10(7-8)12(17)14-5-3-9(16)4-6-14/h1-2,7,9,16H,3-6H2. The van der Waals surface area contributed by atoms with Gasteiger partial charge in [0.25, 0.3) is 11.6 Å². The molecule has 1 aliphatic heterocycles. The molecule has 7 heteroatoms. The van der Waals surface area contributed by atoms with E-state index in [1.807, 2.05) is 0 Å². The molecule has 0 aliphatic carbocycles. The van der Waals surface area contributed by atoms with Crippen LogP contribution in [0.15, 0.2) is 18.2 Å². The maximum Gasteiger partial charge on any atom is 0.282 e. The van der Waals surface area contributed by atoms with Gasteiger partial charge in [0.15, 0.2) is 0 Å². The number of hydrogen-bond donors (Lipinski definition) is 1. The number of benzene rings is 1. The highest BCUT2D eigenvalue weighted by Gasteiger charge is 2.27. The summed E-state index contributed by atoms with van der Waals surface area (Å²) < 4.78 is 0. The van der Waals surface area contributed by atoms with E-state index in [1.54, 1.807) is 0 Å². The molecular formula is C12H13ClN2O4. The second kappa shape index (κ2) is 5.54. The van der Waals surface area contributed by atoms with E-state index in [0.717, 1.165) is 0 Å². The van der Waals surface area contributed by atoms with Gasteiger partial charge in [0.05, 0.1) is 11.0 Å². The predicted molar refractivity (Wildman–Crippen MR) is 69.3 cm³/mol. The van der Waals surface area contributed by atoms with Crippen molar-refractivity contribution in [1.82, 2.24) is 4.90 Å². The lowest BCUT2D eigenvalue weighted by molar-refractivity contribution is -0.385. The average molecular weight is 285 g/mol. The number of piperidine rings is 1. The Morgan fingerprint density at radius 2 is 2.05 bits per heavy atom. The van der Waals surface area contributed by atoms with Gasteiger partial charge in [-0.15, -0.1) is 0 Å². The van der Waals surface area contributed by atoms with Gasteiger partial charge in [0, 0.05) is 24.2 Å². The molecule has 1 aromatic carbocycles. The summed E-state index contributed by atoms with van der Waals surface area (Å²) in [6.45, 7) is 0.785. The minimum Gasteiger partial charge on any atom is -0.393 e. The Bertz CT molecular complexity index is 512. The first-order chi connectivity index (χ1) is 8.99. The third kappa shape index (κ3) is 3.02. The van der Waals surface area contributed by atoms with Gasteiger partial charge in [-0.1, -0.05) is 11.6 Å². The summed E-state index contributed by atoms with van der Waals surface area (Å²) in [6, 6.07) is 3.93. The molecule has 19 heavy (non-hydrogen) atoms. The van der Waals surface area contributed by atoms with Gasteiger partial charge >= 0.3 is 0 Å². The fourth-order valence-electron chi connectivity index (χ4n) is 2.08. The first kappa shape index (κ1) is 13.8. The zero-order valence-electron chi connectivity index (χ0n) is 10.1. The summed E-state index contributed by atoms with van der Waals surface area (Å²) >= 11 is 5.79. The minimum atomic E-state index is -0.595. The molecule has 1 amide bonds. The van der Waals surface area contributed by atoms with E-state index < -0.39 is 16.9 Å². The number of amides is 1. The fraction of sp³-hybridized carbons (Fsp3) is 0.417. The van der Waals surface area contributed by atoms with Crippen molar-refractivity contribution in [1.29, 1.82) is 0 Å². The summed E-state index contributed by atoms with van der Waals surface area (Å²) in [7, 11) is 0. The third-order valence-electron chi connectivity index (χ3n) is 3.14. The topological polar surface area (TPSA) is 83.7 Å². The van der Waals surface area contributed by atoms with Gasteiger partial charge < -0.3 is 10.0 Å². The second-order valence-electron chi connectivity index (χ2n) is 4.44. The predicted octanol–water partition coefficient (Wildman–Crippen LogP) is 1.85. The van der Waals surface area contributed by atoms with Gasteiger partial charge in [-0.3, -0.25) is 14.9 Å². The number of aliphatic hydroxyl groups is 1. The zero-order chi connectivity index (χ0) is 14.0. The summed E-state index contributed by atoms with van der Waals surface area (Å²) in [5.74, 6) is -0.416. The molecule has 1 aromatic rings. The monoisotopic (exact) mass is 284 g/mol. The third-order valence-corrected chi connectivity index (χ3v) is 3.37. The Morgan fingerprint density at radius 3 is 2.63 bits per heavy atom. The number of rotatable bonds is 2. The first-order valence-electron chi connectivity index (χ1n) is 5.90. The van der Waals surface area contributed by atoms with Crippen LogP contribution >= 0.6 is 11.6 Å². The lowest BCUT2D eigenvalue weighted by Crippen LogP contribution is -2.40. The number of halogens is 1. The highest BCUT2D eigenvalue weighted by Crippen LogP contribution is 2.25. The molecule has 0 unspecified atom stereocenters. The molecule has 0 bridgehead atoms. The summed E-state index contributed by atoms with van der Waals surface area (Å²) in [5.41, 5.74) is -0.255. The van der Waals surface area contributed by atoms with Gasteiger partial charge in [-0.2, -0.15) is 0 Å². The summed E-state index contributed by atoms with van der Waals surface area (Å²) in [4.78, 5) is 24.1. The molecule has 0 aromatic heterocycles. The highest BCUT2D eigenvalue weighted by molar-refractivity contribution is 6.31. The van der Waals surface area contributed by atoms with Gasteiger partial charge in [0.2, 0.25) is 0 Å². The van der Waals surface area contributed by atoms with Crippen molar-refractivity contribution in [3.8, 4) is 0 Å². The molecule has 6 nitrogen and oxygen atoms in total. The lowest BCUT2D eigenvalue weighted by atomic mass is 10.1. The van der Waals surface area contributed by atoms with Crippen molar-refractivity contribution >= 4 is 23.2 Å². The Hall–Kier alpha value is -1.66. The van der Waals surface area contributed by atoms with Gasteiger partial charge in [-0.05, 0) is 25.0 Å². The Kier molecular flexibility index (Phi) is 4.01. The van der Waals surface area contributed by atoms with E-state index >= 15 is 0 Å². The lowest BCUT2D eigenvalue weighted by Gasteiger charge is -2.29. The molecular weight excluding hydrogens is 272 g/mol. The van der Waals surface area contributed by atoms with Crippen LogP contribution in [0.3, 0.4) is 0 Å². The number of likely N-dealkylation sites (tertiary alicyclic amines) is 1. The first-order valence-corrected chi connectivity index (χ1v) is 6.28. The minimum absolute atomic E-state index is 0.00566. The molecule has 1 heterocycles. The summed E-state index contributed by atoms with van der Waals surface area (Å²) in [6.07, 6.45) is 0.568. The average Bonchev–Trinajstić information content (AvgIpc) is 2.38. The molecule has 1 saturated heterocycles. The molecule has 102 valence electrons. The fourth-order valence-corrected chi connectivity index (χ4v) is 2.25. The van der Waals surface area contributed by atoms with Crippen molar-refractivity contribution in [3.05, 3.63) is 38.9 Å². The van der Waals surface area contributed by atoms with Gasteiger partial charge in [0.1, 0.15) is 5.56 Å². The molecule has 1 fully saturated rings. The normalized spacial score (nSPS) is 16.4. The molecule has 2 rings (SSSR count). The van der Waals surface area contributed by atoms with E-state index in [-0.39, 0.29) is 16.3 Å².